The third-order valence-electron chi connectivity index (χ3n) is 5.36. The van der Waals surface area contributed by atoms with E-state index in [0.717, 1.165) is 17.9 Å². The summed E-state index contributed by atoms with van der Waals surface area (Å²) in [5, 5.41) is 0. The highest BCUT2D eigenvalue weighted by atomic mass is 32.1. The fourth-order valence-electron chi connectivity index (χ4n) is 3.80. The second kappa shape index (κ2) is 7.33. The molecule has 0 aliphatic heterocycles. The smallest absolute Gasteiger partial charge is 0.0748 e. The molecule has 0 heterocycles. The van der Waals surface area contributed by atoms with E-state index in [2.05, 4.69) is 38.6 Å². The van der Waals surface area contributed by atoms with E-state index in [4.69, 9.17) is 4.18 Å². The zero-order valence-electron chi connectivity index (χ0n) is 12.8. The van der Waals surface area contributed by atoms with Crippen LogP contribution in [-0.4, -0.2) is 29.6 Å². The molecule has 0 spiro atoms. The summed E-state index contributed by atoms with van der Waals surface area (Å²) in [4.78, 5) is 2.72. The minimum atomic E-state index is 0.394. The van der Waals surface area contributed by atoms with Gasteiger partial charge in [0.05, 0.1) is 6.10 Å². The monoisotopic (exact) mass is 285 g/mol. The molecule has 2 fully saturated rings. The van der Waals surface area contributed by atoms with Crippen LogP contribution in [0.3, 0.4) is 0 Å². The van der Waals surface area contributed by atoms with E-state index in [1.807, 2.05) is 0 Å². The van der Waals surface area contributed by atoms with Crippen LogP contribution < -0.4 is 0 Å². The molecule has 2 nitrogen and oxygen atoms in total. The van der Waals surface area contributed by atoms with Crippen LogP contribution in [0.5, 0.6) is 0 Å². The molecule has 0 saturated heterocycles. The lowest BCUT2D eigenvalue weighted by Crippen LogP contribution is -2.52. The van der Waals surface area contributed by atoms with Gasteiger partial charge in [-0.15, -0.1) is 0 Å². The van der Waals surface area contributed by atoms with Gasteiger partial charge >= 0.3 is 0 Å². The van der Waals surface area contributed by atoms with Crippen LogP contribution in [0.2, 0.25) is 0 Å². The maximum Gasteiger partial charge on any atom is 0.0748 e. The Balaban J connectivity index is 1.78. The van der Waals surface area contributed by atoms with Crippen LogP contribution in [-0.2, 0) is 4.18 Å². The van der Waals surface area contributed by atoms with Crippen LogP contribution in [0.1, 0.15) is 65.7 Å². The number of rotatable bonds is 6. The van der Waals surface area contributed by atoms with Gasteiger partial charge in [-0.1, -0.05) is 26.2 Å². The highest BCUT2D eigenvalue weighted by molar-refractivity contribution is 7.75. The van der Waals surface area contributed by atoms with E-state index in [1.54, 1.807) is 0 Å². The maximum atomic E-state index is 5.13. The van der Waals surface area contributed by atoms with Crippen molar-refractivity contribution in [3.63, 3.8) is 0 Å². The first-order valence-electron chi connectivity index (χ1n) is 8.20. The number of hydrogen-bond acceptors (Lipinski definition) is 3. The Morgan fingerprint density at radius 1 is 1.11 bits per heavy atom. The molecule has 0 aromatic heterocycles. The summed E-state index contributed by atoms with van der Waals surface area (Å²) in [5.41, 5.74) is 0. The molecule has 0 N–H and O–H groups in total. The Bertz CT molecular complexity index is 257. The molecule has 2 aliphatic rings. The molecular formula is C16H31NOS. The van der Waals surface area contributed by atoms with Gasteiger partial charge in [0.2, 0.25) is 0 Å². The third kappa shape index (κ3) is 4.12. The zero-order valence-corrected chi connectivity index (χ0v) is 13.7. The number of thiol groups is 1. The quantitative estimate of drug-likeness (QED) is 0.577. The lowest BCUT2D eigenvalue weighted by atomic mass is 9.79. The Morgan fingerprint density at radius 2 is 1.68 bits per heavy atom. The predicted molar refractivity (Wildman–Crippen MR) is 84.5 cm³/mol. The van der Waals surface area contributed by atoms with Gasteiger partial charge in [0.15, 0.2) is 0 Å². The van der Waals surface area contributed by atoms with E-state index in [9.17, 15) is 0 Å². The van der Waals surface area contributed by atoms with Crippen LogP contribution in [0.25, 0.3) is 0 Å². The average molecular weight is 285 g/mol. The van der Waals surface area contributed by atoms with E-state index < -0.39 is 0 Å². The van der Waals surface area contributed by atoms with Crippen molar-refractivity contribution in [2.45, 2.75) is 83.9 Å². The SMILES string of the molecule is CCC1CCC(CN(C(C)C)C2CC(OS)C2)CC1. The molecule has 0 amide bonds. The van der Waals surface area contributed by atoms with Crippen LogP contribution >= 0.6 is 12.9 Å². The normalized spacial score (nSPS) is 35.7. The Labute approximate surface area is 124 Å². The molecule has 2 rings (SSSR count). The minimum Gasteiger partial charge on any atom is -0.315 e. The van der Waals surface area contributed by atoms with E-state index in [-0.39, 0.29) is 0 Å². The summed E-state index contributed by atoms with van der Waals surface area (Å²) in [6.07, 6.45) is 9.93. The first kappa shape index (κ1) is 15.7. The molecular weight excluding hydrogens is 254 g/mol. The van der Waals surface area contributed by atoms with Crippen molar-refractivity contribution in [1.82, 2.24) is 4.90 Å². The largest absolute Gasteiger partial charge is 0.315 e. The van der Waals surface area contributed by atoms with Crippen LogP contribution in [0, 0.1) is 11.8 Å². The fourth-order valence-corrected chi connectivity index (χ4v) is 3.97. The second-order valence-electron chi connectivity index (χ2n) is 6.94. The first-order chi connectivity index (χ1) is 9.13. The maximum absolute atomic E-state index is 5.13. The number of hydrogen-bond donors (Lipinski definition) is 1. The van der Waals surface area contributed by atoms with Crippen molar-refractivity contribution in [1.29, 1.82) is 0 Å². The van der Waals surface area contributed by atoms with E-state index in [0.29, 0.717) is 12.1 Å². The molecule has 0 aromatic rings. The summed E-state index contributed by atoms with van der Waals surface area (Å²) in [6.45, 7) is 8.33. The lowest BCUT2D eigenvalue weighted by Gasteiger charge is -2.46. The Morgan fingerprint density at radius 3 is 2.16 bits per heavy atom. The molecule has 112 valence electrons. The summed E-state index contributed by atoms with van der Waals surface area (Å²) in [7, 11) is 0. The minimum absolute atomic E-state index is 0.394. The first-order valence-corrected chi connectivity index (χ1v) is 8.56. The van der Waals surface area contributed by atoms with E-state index in [1.165, 1.54) is 51.5 Å². The van der Waals surface area contributed by atoms with Crippen molar-refractivity contribution in [3.8, 4) is 0 Å². The molecule has 2 saturated carbocycles. The van der Waals surface area contributed by atoms with Crippen molar-refractivity contribution in [3.05, 3.63) is 0 Å². The molecule has 0 aromatic carbocycles. The van der Waals surface area contributed by atoms with Gasteiger partial charge in [0, 0.05) is 18.6 Å². The summed E-state index contributed by atoms with van der Waals surface area (Å²) >= 11 is 3.94. The zero-order chi connectivity index (χ0) is 13.8. The van der Waals surface area contributed by atoms with Gasteiger partial charge in [-0.05, 0) is 64.3 Å². The van der Waals surface area contributed by atoms with Crippen LogP contribution in [0.4, 0.5) is 0 Å². The summed E-state index contributed by atoms with van der Waals surface area (Å²) < 4.78 is 5.13. The molecule has 0 unspecified atom stereocenters. The van der Waals surface area contributed by atoms with Gasteiger partial charge in [-0.25, -0.2) is 0 Å². The van der Waals surface area contributed by atoms with Crippen molar-refractivity contribution >= 4 is 12.9 Å². The highest BCUT2D eigenvalue weighted by Crippen LogP contribution is 2.35. The van der Waals surface area contributed by atoms with Gasteiger partial charge in [0.25, 0.3) is 0 Å². The summed E-state index contributed by atoms with van der Waals surface area (Å²) in [6, 6.07) is 1.40. The fraction of sp³-hybridized carbons (Fsp3) is 1.00. The lowest BCUT2D eigenvalue weighted by molar-refractivity contribution is 0.000489. The molecule has 0 atom stereocenters. The van der Waals surface area contributed by atoms with Crippen molar-refractivity contribution < 1.29 is 4.18 Å². The molecule has 2 aliphatic carbocycles. The number of nitrogens with zero attached hydrogens (tertiary/aromatic N) is 1. The Hall–Kier alpha value is 0.270. The topological polar surface area (TPSA) is 12.5 Å². The average Bonchev–Trinajstić information content (AvgIpc) is 2.37. The van der Waals surface area contributed by atoms with Gasteiger partial charge < -0.3 is 4.18 Å². The molecule has 0 bridgehead atoms. The molecule has 3 heteroatoms. The second-order valence-corrected chi connectivity index (χ2v) is 7.15. The third-order valence-corrected chi connectivity index (χ3v) is 5.66. The van der Waals surface area contributed by atoms with Crippen molar-refractivity contribution in [2.75, 3.05) is 6.54 Å². The summed E-state index contributed by atoms with van der Waals surface area (Å²) in [5.74, 6) is 1.94. The standard InChI is InChI=1S/C16H31NOS/c1-4-13-5-7-14(8-6-13)11-17(12(2)3)15-9-16(10-15)18-19/h12-16,19H,4-11H2,1-3H3. The molecule has 0 radical (unpaired) electrons. The van der Waals surface area contributed by atoms with Gasteiger partial charge in [-0.3, -0.25) is 4.90 Å². The van der Waals surface area contributed by atoms with E-state index >= 15 is 0 Å². The molecule has 19 heavy (non-hydrogen) atoms. The predicted octanol–water partition coefficient (Wildman–Crippen LogP) is 4.31. The van der Waals surface area contributed by atoms with Gasteiger partial charge in [0.1, 0.15) is 0 Å². The van der Waals surface area contributed by atoms with Crippen molar-refractivity contribution in [2.24, 2.45) is 11.8 Å². The van der Waals surface area contributed by atoms with Gasteiger partial charge in [-0.2, -0.15) is 0 Å². The highest BCUT2D eigenvalue weighted by Gasteiger charge is 2.36. The van der Waals surface area contributed by atoms with Crippen LogP contribution in [0.15, 0.2) is 0 Å². The Kier molecular flexibility index (Phi) is 6.04.